The third-order valence-corrected chi connectivity index (χ3v) is 14.5. The summed E-state index contributed by atoms with van der Waals surface area (Å²) in [6.07, 6.45) is 0. The highest BCUT2D eigenvalue weighted by Gasteiger charge is 2.44. The van der Waals surface area contributed by atoms with E-state index in [1.807, 2.05) is 0 Å². The Labute approximate surface area is 407 Å². The first-order chi connectivity index (χ1) is 34.7. The van der Waals surface area contributed by atoms with E-state index in [4.69, 9.17) is 4.42 Å². The first kappa shape index (κ1) is 40.0. The average Bonchev–Trinajstić information content (AvgIpc) is 3.83. The molecule has 0 fully saturated rings. The second kappa shape index (κ2) is 16.3. The zero-order chi connectivity index (χ0) is 46.1. The van der Waals surface area contributed by atoms with Crippen LogP contribution in [0.1, 0.15) is 0 Å². The summed E-state index contributed by atoms with van der Waals surface area (Å²) in [5.41, 5.74) is 24.0. The molecule has 0 spiro atoms. The molecule has 0 atom stereocenters. The Hall–Kier alpha value is -9.12. The molecule has 0 unspecified atom stereocenters. The molecule has 0 saturated heterocycles. The molecule has 70 heavy (non-hydrogen) atoms. The molecule has 12 aromatic rings. The molecule has 14 rings (SSSR count). The van der Waals surface area contributed by atoms with Gasteiger partial charge < -0.3 is 14.2 Å². The minimum absolute atomic E-state index is 0.0990. The second-order valence-corrected chi connectivity index (χ2v) is 18.4. The van der Waals surface area contributed by atoms with Crippen molar-refractivity contribution in [3.8, 4) is 55.6 Å². The first-order valence-electron chi connectivity index (χ1n) is 24.1. The average molecular weight is 891 g/mol. The lowest BCUT2D eigenvalue weighted by atomic mass is 9.33. The van der Waals surface area contributed by atoms with Gasteiger partial charge in [-0.25, -0.2) is 0 Å². The molecular weight excluding hydrogens is 848 g/mol. The van der Waals surface area contributed by atoms with E-state index in [1.54, 1.807) is 0 Å². The van der Waals surface area contributed by atoms with Crippen molar-refractivity contribution in [2.45, 2.75) is 0 Å². The first-order valence-corrected chi connectivity index (χ1v) is 24.1. The zero-order valence-corrected chi connectivity index (χ0v) is 38.2. The molecule has 0 bridgehead atoms. The van der Waals surface area contributed by atoms with E-state index in [1.165, 1.54) is 60.9 Å². The highest BCUT2D eigenvalue weighted by atomic mass is 16.3. The van der Waals surface area contributed by atoms with Crippen LogP contribution in [-0.4, -0.2) is 6.71 Å². The lowest BCUT2D eigenvalue weighted by Gasteiger charge is -2.44. The number of benzene rings is 11. The van der Waals surface area contributed by atoms with Gasteiger partial charge in [0.25, 0.3) is 6.71 Å². The van der Waals surface area contributed by atoms with Gasteiger partial charge in [-0.1, -0.05) is 206 Å². The smallest absolute Gasteiger partial charge is 0.252 e. The predicted octanol–water partition coefficient (Wildman–Crippen LogP) is 16.0. The van der Waals surface area contributed by atoms with Gasteiger partial charge in [-0.3, -0.25) is 0 Å². The Morgan fingerprint density at radius 3 is 1.17 bits per heavy atom. The van der Waals surface area contributed by atoms with Crippen LogP contribution < -0.4 is 26.2 Å². The molecule has 3 nitrogen and oxygen atoms in total. The predicted molar refractivity (Wildman–Crippen MR) is 295 cm³/mol. The lowest BCUT2D eigenvalue weighted by molar-refractivity contribution is 0.670. The van der Waals surface area contributed by atoms with Gasteiger partial charge in [0.05, 0.1) is 0 Å². The molecule has 0 aliphatic carbocycles. The number of nitrogens with zero attached hydrogens (tertiary/aromatic N) is 2. The van der Waals surface area contributed by atoms with Gasteiger partial charge in [0.15, 0.2) is 0 Å². The Balaban J connectivity index is 1.08. The van der Waals surface area contributed by atoms with Crippen LogP contribution in [0, 0.1) is 0 Å². The van der Waals surface area contributed by atoms with Crippen molar-refractivity contribution in [3.63, 3.8) is 0 Å². The minimum Gasteiger partial charge on any atom is -0.455 e. The molecule has 326 valence electrons. The Bertz CT molecular complexity index is 3730. The monoisotopic (exact) mass is 890 g/mol. The van der Waals surface area contributed by atoms with E-state index in [2.05, 4.69) is 271 Å². The molecule has 0 radical (unpaired) electrons. The summed E-state index contributed by atoms with van der Waals surface area (Å²) < 4.78 is 6.82. The summed E-state index contributed by atoms with van der Waals surface area (Å²) in [4.78, 5) is 5.03. The molecule has 4 heteroatoms. The third kappa shape index (κ3) is 6.53. The molecular formula is C66H43BN2O. The minimum atomic E-state index is -0.0990. The molecule has 11 aromatic carbocycles. The third-order valence-electron chi connectivity index (χ3n) is 14.5. The van der Waals surface area contributed by atoms with Gasteiger partial charge >= 0.3 is 0 Å². The van der Waals surface area contributed by atoms with Crippen molar-refractivity contribution in [2.24, 2.45) is 0 Å². The van der Waals surface area contributed by atoms with Crippen molar-refractivity contribution >= 4 is 79.2 Å². The lowest BCUT2D eigenvalue weighted by Crippen LogP contribution is -2.61. The van der Waals surface area contributed by atoms with Crippen LogP contribution in [0.25, 0.3) is 77.6 Å². The molecule has 2 aliphatic rings. The summed E-state index contributed by atoms with van der Waals surface area (Å²) in [5.74, 6) is 0. The molecule has 0 saturated carbocycles. The highest BCUT2D eigenvalue weighted by molar-refractivity contribution is 7.00. The van der Waals surface area contributed by atoms with Gasteiger partial charge in [-0.15, -0.1) is 0 Å². The highest BCUT2D eigenvalue weighted by Crippen LogP contribution is 2.48. The maximum Gasteiger partial charge on any atom is 0.252 e. The molecule has 3 heterocycles. The number of hydrogen-bond acceptors (Lipinski definition) is 3. The summed E-state index contributed by atoms with van der Waals surface area (Å²) in [7, 11) is 0. The summed E-state index contributed by atoms with van der Waals surface area (Å²) in [6, 6.07) is 95.2. The van der Waals surface area contributed by atoms with Crippen molar-refractivity contribution in [1.29, 1.82) is 0 Å². The Kier molecular flexibility index (Phi) is 9.31. The molecule has 0 N–H and O–H groups in total. The number of hydrogen-bond donors (Lipinski definition) is 0. The van der Waals surface area contributed by atoms with Gasteiger partial charge in [-0.05, 0) is 121 Å². The van der Waals surface area contributed by atoms with E-state index in [9.17, 15) is 0 Å². The van der Waals surface area contributed by atoms with E-state index in [0.717, 1.165) is 67.2 Å². The fourth-order valence-electron chi connectivity index (χ4n) is 11.2. The largest absolute Gasteiger partial charge is 0.455 e. The number of furan rings is 1. The fraction of sp³-hybridized carbons (Fsp3) is 0. The van der Waals surface area contributed by atoms with Gasteiger partial charge in [0, 0.05) is 50.5 Å². The maximum atomic E-state index is 6.82. The van der Waals surface area contributed by atoms with Crippen molar-refractivity contribution in [2.75, 3.05) is 9.80 Å². The standard InChI is InChI=1S/C66H43BN2O/c1-5-16-44(17-6-1)48-28-34-53(35-29-48)68-60-38-32-50(46-20-9-3-10-21-46)40-58(60)67-59-41-51(47-22-11-4-12-23-47)33-39-61(59)69(54-36-30-49(31-37-54)45-18-7-2-8-19-45)63-43-52(42-62(68)65(63)67)55-25-15-26-57-56-24-13-14-27-64(56)70-66(55)57/h1-43H. The van der Waals surface area contributed by atoms with Gasteiger partial charge in [-0.2, -0.15) is 0 Å². The van der Waals surface area contributed by atoms with Crippen LogP contribution >= 0.6 is 0 Å². The van der Waals surface area contributed by atoms with Crippen LogP contribution in [0.2, 0.25) is 0 Å². The summed E-state index contributed by atoms with van der Waals surface area (Å²) in [6.45, 7) is -0.0990. The van der Waals surface area contributed by atoms with Crippen LogP contribution in [0.5, 0.6) is 0 Å². The van der Waals surface area contributed by atoms with Crippen LogP contribution in [0.3, 0.4) is 0 Å². The van der Waals surface area contributed by atoms with E-state index < -0.39 is 0 Å². The Morgan fingerprint density at radius 2 is 0.686 bits per heavy atom. The van der Waals surface area contributed by atoms with Crippen molar-refractivity contribution < 1.29 is 4.42 Å². The van der Waals surface area contributed by atoms with Gasteiger partial charge in [0.2, 0.25) is 0 Å². The summed E-state index contributed by atoms with van der Waals surface area (Å²) >= 11 is 0. The van der Waals surface area contributed by atoms with Crippen molar-refractivity contribution in [1.82, 2.24) is 0 Å². The summed E-state index contributed by atoms with van der Waals surface area (Å²) in [5, 5.41) is 2.22. The zero-order valence-electron chi connectivity index (χ0n) is 38.2. The SMILES string of the molecule is c1ccc(-c2ccc(N3c4ccc(-c5ccccc5)cc4B4c5cc(-c6ccccc6)ccc5N(c5ccc(-c6ccccc6)cc5)c5cc(-c6cccc7c6oc6ccccc67)cc3c54)cc2)cc1. The van der Waals surface area contributed by atoms with E-state index >= 15 is 0 Å². The maximum absolute atomic E-state index is 6.82. The number of para-hydroxylation sites is 2. The second-order valence-electron chi connectivity index (χ2n) is 18.4. The van der Waals surface area contributed by atoms with Crippen molar-refractivity contribution in [3.05, 3.63) is 261 Å². The molecule has 1 aromatic heterocycles. The number of anilines is 6. The van der Waals surface area contributed by atoms with Crippen LogP contribution in [0.15, 0.2) is 265 Å². The molecule has 2 aliphatic heterocycles. The van der Waals surface area contributed by atoms with Crippen LogP contribution in [0.4, 0.5) is 34.1 Å². The Morgan fingerprint density at radius 1 is 0.286 bits per heavy atom. The quantitative estimate of drug-likeness (QED) is 0.149. The normalized spacial score (nSPS) is 12.5. The fourth-order valence-corrected chi connectivity index (χ4v) is 11.2. The number of fused-ring (bicyclic) bond motifs is 7. The van der Waals surface area contributed by atoms with E-state index in [0.29, 0.717) is 0 Å². The van der Waals surface area contributed by atoms with E-state index in [-0.39, 0.29) is 6.71 Å². The molecule has 0 amide bonds. The van der Waals surface area contributed by atoms with Gasteiger partial charge in [0.1, 0.15) is 11.2 Å². The van der Waals surface area contributed by atoms with Crippen LogP contribution in [-0.2, 0) is 0 Å². The topological polar surface area (TPSA) is 19.6 Å². The number of rotatable bonds is 7.